The van der Waals surface area contributed by atoms with Crippen LogP contribution in [0.1, 0.15) is 50.8 Å². The van der Waals surface area contributed by atoms with Gasteiger partial charge in [-0.15, -0.1) is 11.3 Å². The number of aryl methyl sites for hydroxylation is 1. The Morgan fingerprint density at radius 3 is 2.61 bits per heavy atom. The van der Waals surface area contributed by atoms with Gasteiger partial charge in [0, 0.05) is 17.1 Å². The van der Waals surface area contributed by atoms with Crippen molar-refractivity contribution in [3.05, 3.63) is 44.9 Å². The van der Waals surface area contributed by atoms with E-state index in [0.717, 1.165) is 4.88 Å². The fourth-order valence-corrected chi connectivity index (χ4v) is 3.27. The third-order valence-corrected chi connectivity index (χ3v) is 4.59. The minimum Gasteiger partial charge on any atom is -0.462 e. The SMILES string of the molecule is CCOC(=O)c1c(C)[nH]c(C(=O)N(CC)Cc2cccs2)c1C. The number of aromatic amines is 1. The van der Waals surface area contributed by atoms with Gasteiger partial charge < -0.3 is 14.6 Å². The van der Waals surface area contributed by atoms with Gasteiger partial charge in [-0.05, 0) is 44.7 Å². The zero-order valence-electron chi connectivity index (χ0n) is 13.9. The number of hydrogen-bond acceptors (Lipinski definition) is 4. The fourth-order valence-electron chi connectivity index (χ4n) is 2.55. The van der Waals surface area contributed by atoms with Crippen molar-refractivity contribution in [2.24, 2.45) is 0 Å². The van der Waals surface area contributed by atoms with Crippen molar-refractivity contribution in [3.8, 4) is 0 Å². The highest BCUT2D eigenvalue weighted by molar-refractivity contribution is 7.09. The highest BCUT2D eigenvalue weighted by atomic mass is 32.1. The summed E-state index contributed by atoms with van der Waals surface area (Å²) in [6.07, 6.45) is 0. The molecule has 2 aromatic heterocycles. The molecular weight excluding hydrogens is 312 g/mol. The first kappa shape index (κ1) is 17.3. The monoisotopic (exact) mass is 334 g/mol. The number of esters is 1. The first-order valence-corrected chi connectivity index (χ1v) is 8.55. The largest absolute Gasteiger partial charge is 0.462 e. The minimum atomic E-state index is -0.390. The molecule has 0 aromatic carbocycles. The standard InChI is InChI=1S/C17H22N2O3S/c1-5-19(10-13-8-7-9-23-13)16(20)15-11(3)14(12(4)18-15)17(21)22-6-2/h7-9,18H,5-6,10H2,1-4H3. The van der Waals surface area contributed by atoms with E-state index in [1.165, 1.54) is 0 Å². The normalized spacial score (nSPS) is 10.6. The lowest BCUT2D eigenvalue weighted by molar-refractivity contribution is 0.0525. The van der Waals surface area contributed by atoms with E-state index in [4.69, 9.17) is 4.74 Å². The lowest BCUT2D eigenvalue weighted by Crippen LogP contribution is -2.30. The third-order valence-electron chi connectivity index (χ3n) is 3.73. The number of rotatable bonds is 6. The van der Waals surface area contributed by atoms with Crippen LogP contribution in [0, 0.1) is 13.8 Å². The Bertz CT molecular complexity index is 689. The molecule has 0 saturated heterocycles. The van der Waals surface area contributed by atoms with Crippen LogP contribution < -0.4 is 0 Å². The predicted molar refractivity (Wildman–Crippen MR) is 91.0 cm³/mol. The lowest BCUT2D eigenvalue weighted by atomic mass is 10.1. The van der Waals surface area contributed by atoms with Gasteiger partial charge in [0.2, 0.25) is 0 Å². The summed E-state index contributed by atoms with van der Waals surface area (Å²) in [5, 5.41) is 2.00. The summed E-state index contributed by atoms with van der Waals surface area (Å²) in [5.41, 5.74) is 2.23. The van der Waals surface area contributed by atoms with Crippen LogP contribution in [0.5, 0.6) is 0 Å². The first-order chi connectivity index (χ1) is 11.0. The molecule has 0 aliphatic heterocycles. The molecule has 6 heteroatoms. The summed E-state index contributed by atoms with van der Waals surface area (Å²) in [7, 11) is 0. The number of nitrogens with one attached hydrogen (secondary N) is 1. The maximum atomic E-state index is 12.8. The zero-order chi connectivity index (χ0) is 17.0. The van der Waals surface area contributed by atoms with Gasteiger partial charge in [-0.2, -0.15) is 0 Å². The molecule has 1 amide bonds. The van der Waals surface area contributed by atoms with Gasteiger partial charge in [0.1, 0.15) is 5.69 Å². The van der Waals surface area contributed by atoms with Crippen LogP contribution in [-0.2, 0) is 11.3 Å². The number of hydrogen-bond donors (Lipinski definition) is 1. The molecule has 1 N–H and O–H groups in total. The number of nitrogens with zero attached hydrogens (tertiary/aromatic N) is 1. The van der Waals surface area contributed by atoms with Crippen LogP contribution >= 0.6 is 11.3 Å². The molecular formula is C17H22N2O3S. The predicted octanol–water partition coefficient (Wildman–Crippen LogP) is 3.53. The number of ether oxygens (including phenoxy) is 1. The van der Waals surface area contributed by atoms with E-state index in [1.807, 2.05) is 24.4 Å². The Kier molecular flexibility index (Phi) is 5.60. The smallest absolute Gasteiger partial charge is 0.340 e. The van der Waals surface area contributed by atoms with Gasteiger partial charge in [0.25, 0.3) is 5.91 Å². The molecule has 5 nitrogen and oxygen atoms in total. The second-order valence-corrected chi connectivity index (χ2v) is 6.28. The Morgan fingerprint density at radius 1 is 1.30 bits per heavy atom. The molecule has 0 bridgehead atoms. The van der Waals surface area contributed by atoms with Crippen molar-refractivity contribution in [3.63, 3.8) is 0 Å². The highest BCUT2D eigenvalue weighted by Crippen LogP contribution is 2.22. The maximum absolute atomic E-state index is 12.8. The number of amides is 1. The average molecular weight is 334 g/mol. The van der Waals surface area contributed by atoms with Gasteiger partial charge in [-0.3, -0.25) is 4.79 Å². The maximum Gasteiger partial charge on any atom is 0.340 e. The molecule has 0 radical (unpaired) electrons. The molecule has 124 valence electrons. The van der Waals surface area contributed by atoms with Crippen molar-refractivity contribution >= 4 is 23.2 Å². The molecule has 0 aliphatic rings. The fraction of sp³-hybridized carbons (Fsp3) is 0.412. The van der Waals surface area contributed by atoms with Gasteiger partial charge >= 0.3 is 5.97 Å². The molecule has 2 heterocycles. The molecule has 2 rings (SSSR count). The Morgan fingerprint density at radius 2 is 2.04 bits per heavy atom. The van der Waals surface area contributed by atoms with Gasteiger partial charge in [-0.25, -0.2) is 4.79 Å². The number of thiophene rings is 1. The van der Waals surface area contributed by atoms with Crippen LogP contribution in [0.15, 0.2) is 17.5 Å². The van der Waals surface area contributed by atoms with Crippen molar-refractivity contribution < 1.29 is 14.3 Å². The summed E-state index contributed by atoms with van der Waals surface area (Å²) in [5.74, 6) is -0.490. The summed E-state index contributed by atoms with van der Waals surface area (Å²) < 4.78 is 5.07. The van der Waals surface area contributed by atoms with E-state index < -0.39 is 0 Å². The van der Waals surface area contributed by atoms with Crippen LogP contribution in [0.3, 0.4) is 0 Å². The highest BCUT2D eigenvalue weighted by Gasteiger charge is 2.25. The summed E-state index contributed by atoms with van der Waals surface area (Å²) >= 11 is 1.63. The Labute approximate surface area is 140 Å². The van der Waals surface area contributed by atoms with E-state index in [0.29, 0.717) is 42.2 Å². The third kappa shape index (κ3) is 3.64. The average Bonchev–Trinajstić information content (AvgIpc) is 3.12. The number of carbonyl (C=O) groups is 2. The Hall–Kier alpha value is -2.08. The van der Waals surface area contributed by atoms with Crippen molar-refractivity contribution in [1.29, 1.82) is 0 Å². The molecule has 0 saturated carbocycles. The Balaban J connectivity index is 2.28. The second-order valence-electron chi connectivity index (χ2n) is 5.24. The van der Waals surface area contributed by atoms with Crippen LogP contribution in [0.25, 0.3) is 0 Å². The van der Waals surface area contributed by atoms with Crippen LogP contribution in [0.4, 0.5) is 0 Å². The lowest BCUT2D eigenvalue weighted by Gasteiger charge is -2.20. The van der Waals surface area contributed by atoms with E-state index >= 15 is 0 Å². The second kappa shape index (κ2) is 7.46. The summed E-state index contributed by atoms with van der Waals surface area (Å²) in [4.78, 5) is 30.8. The van der Waals surface area contributed by atoms with Crippen molar-refractivity contribution in [2.45, 2.75) is 34.2 Å². The topological polar surface area (TPSA) is 62.4 Å². The zero-order valence-corrected chi connectivity index (χ0v) is 14.8. The van der Waals surface area contributed by atoms with E-state index in [-0.39, 0.29) is 11.9 Å². The van der Waals surface area contributed by atoms with Crippen LogP contribution in [0.2, 0.25) is 0 Å². The van der Waals surface area contributed by atoms with Gasteiger partial charge in [0.05, 0.1) is 18.7 Å². The van der Waals surface area contributed by atoms with Gasteiger partial charge in [0.15, 0.2) is 0 Å². The van der Waals surface area contributed by atoms with Crippen molar-refractivity contribution in [2.75, 3.05) is 13.2 Å². The molecule has 0 aliphatic carbocycles. The molecule has 0 atom stereocenters. The molecule has 0 unspecified atom stereocenters. The van der Waals surface area contributed by atoms with E-state index in [1.54, 1.807) is 37.0 Å². The molecule has 2 aromatic rings. The summed E-state index contributed by atoms with van der Waals surface area (Å²) in [6, 6.07) is 3.98. The molecule has 0 fully saturated rings. The molecule has 23 heavy (non-hydrogen) atoms. The van der Waals surface area contributed by atoms with Gasteiger partial charge in [-0.1, -0.05) is 6.07 Å². The first-order valence-electron chi connectivity index (χ1n) is 7.67. The molecule has 0 spiro atoms. The van der Waals surface area contributed by atoms with E-state index in [2.05, 4.69) is 4.98 Å². The summed E-state index contributed by atoms with van der Waals surface area (Å²) in [6.45, 7) is 8.76. The van der Waals surface area contributed by atoms with Crippen LogP contribution in [-0.4, -0.2) is 34.9 Å². The number of aromatic nitrogens is 1. The minimum absolute atomic E-state index is 0.1000. The quantitative estimate of drug-likeness (QED) is 0.822. The van der Waals surface area contributed by atoms with Crippen molar-refractivity contribution in [1.82, 2.24) is 9.88 Å². The number of carbonyl (C=O) groups excluding carboxylic acids is 2. The number of H-pyrrole nitrogens is 1. The van der Waals surface area contributed by atoms with E-state index in [9.17, 15) is 9.59 Å².